The van der Waals surface area contributed by atoms with Crippen LogP contribution in [0.15, 0.2) is 22.6 Å². The fourth-order valence-electron chi connectivity index (χ4n) is 2.06. The molecule has 1 aromatic heterocycles. The highest BCUT2D eigenvalue weighted by Crippen LogP contribution is 2.26. The van der Waals surface area contributed by atoms with Gasteiger partial charge in [0.1, 0.15) is 0 Å². The number of rotatable bonds is 3. The molecular weight excluding hydrogens is 256 g/mol. The average Bonchev–Trinajstić information content (AvgIpc) is 2.81. The van der Waals surface area contributed by atoms with Crippen molar-refractivity contribution in [3.8, 4) is 12.3 Å². The van der Waals surface area contributed by atoms with Gasteiger partial charge in [0.25, 0.3) is 0 Å². The van der Waals surface area contributed by atoms with Gasteiger partial charge in [-0.15, -0.1) is 23.7 Å². The quantitative estimate of drug-likeness (QED) is 0.845. The number of carbonyl (C=O) groups is 1. The molecule has 0 spiro atoms. The predicted octanol–water partition coefficient (Wildman–Crippen LogP) is 2.84. The molecule has 0 fully saturated rings. The summed E-state index contributed by atoms with van der Waals surface area (Å²) < 4.78 is 0. The van der Waals surface area contributed by atoms with Gasteiger partial charge in [-0.1, -0.05) is 6.92 Å². The molecule has 0 saturated heterocycles. The first-order valence-electron chi connectivity index (χ1n) is 6.16. The highest BCUT2D eigenvalue weighted by molar-refractivity contribution is 7.11. The van der Waals surface area contributed by atoms with Gasteiger partial charge in [-0.3, -0.25) is 4.79 Å². The molecule has 1 N–H and O–H groups in total. The zero-order chi connectivity index (χ0) is 13.8. The van der Waals surface area contributed by atoms with E-state index in [1.165, 1.54) is 10.4 Å². The summed E-state index contributed by atoms with van der Waals surface area (Å²) in [7, 11) is 0. The molecule has 1 aromatic rings. The molecule has 2 heterocycles. The molecule has 3 nitrogen and oxygen atoms in total. The second-order valence-corrected chi connectivity index (χ2v) is 5.58. The molecule has 2 rings (SSSR count). The molecule has 0 radical (unpaired) electrons. The average molecular weight is 272 g/mol. The van der Waals surface area contributed by atoms with Gasteiger partial charge < -0.3 is 0 Å². The number of hydrazone groups is 1. The van der Waals surface area contributed by atoms with Crippen LogP contribution in [0.1, 0.15) is 30.7 Å². The third-order valence-electron chi connectivity index (χ3n) is 3.07. The summed E-state index contributed by atoms with van der Waals surface area (Å²) in [5.41, 5.74) is 5.76. The maximum Gasteiger partial charge on any atom is 0.240 e. The Labute approximate surface area is 117 Å². The Morgan fingerprint density at radius 2 is 2.53 bits per heavy atom. The van der Waals surface area contributed by atoms with Gasteiger partial charge in [-0.25, -0.2) is 5.43 Å². The van der Waals surface area contributed by atoms with Crippen molar-refractivity contribution in [2.45, 2.75) is 26.7 Å². The fourth-order valence-corrected chi connectivity index (χ4v) is 2.96. The van der Waals surface area contributed by atoms with Gasteiger partial charge in [-0.2, -0.15) is 5.10 Å². The van der Waals surface area contributed by atoms with E-state index in [1.54, 1.807) is 11.3 Å². The number of carbonyl (C=O) groups excluding carboxylic acids is 1. The number of thiophene rings is 1. The van der Waals surface area contributed by atoms with E-state index in [0.29, 0.717) is 12.8 Å². The Hall–Kier alpha value is -1.86. The number of nitrogens with zero attached hydrogens (tertiary/aromatic N) is 1. The van der Waals surface area contributed by atoms with Crippen LogP contribution in [0.4, 0.5) is 0 Å². The summed E-state index contributed by atoms with van der Waals surface area (Å²) in [6, 6.07) is 2.06. The molecule has 4 heteroatoms. The van der Waals surface area contributed by atoms with Gasteiger partial charge in [0.05, 0.1) is 5.71 Å². The smallest absolute Gasteiger partial charge is 0.240 e. The van der Waals surface area contributed by atoms with Crippen LogP contribution in [0.5, 0.6) is 0 Å². The fraction of sp³-hybridized carbons (Fsp3) is 0.333. The predicted molar refractivity (Wildman–Crippen MR) is 79.9 cm³/mol. The van der Waals surface area contributed by atoms with Crippen LogP contribution in [0.2, 0.25) is 0 Å². The topological polar surface area (TPSA) is 41.5 Å². The standard InChI is InChI=1S/C15H16N2OS/c1-4-5-12-6-7-19-15(12)11(3)8-13-10(2)9-14(18)17-16-13/h1,6-8,10H,5,9H2,2-3H3,(H,17,18). The van der Waals surface area contributed by atoms with E-state index in [-0.39, 0.29) is 11.8 Å². The maximum atomic E-state index is 11.2. The number of allylic oxidation sites excluding steroid dienone is 2. The van der Waals surface area contributed by atoms with Crippen LogP contribution in [-0.2, 0) is 11.2 Å². The lowest BCUT2D eigenvalue weighted by molar-refractivity contribution is -0.121. The van der Waals surface area contributed by atoms with Gasteiger partial charge in [0.2, 0.25) is 5.91 Å². The molecule has 19 heavy (non-hydrogen) atoms. The van der Waals surface area contributed by atoms with Crippen LogP contribution in [-0.4, -0.2) is 11.6 Å². The number of hydrogen-bond donors (Lipinski definition) is 1. The lowest BCUT2D eigenvalue weighted by atomic mass is 9.97. The van der Waals surface area contributed by atoms with Crippen molar-refractivity contribution >= 4 is 28.5 Å². The molecule has 98 valence electrons. The van der Waals surface area contributed by atoms with E-state index in [1.807, 2.05) is 18.4 Å². The summed E-state index contributed by atoms with van der Waals surface area (Å²) >= 11 is 1.68. The SMILES string of the molecule is C#CCc1ccsc1C(C)=CC1=NNC(=O)CC1C. The molecule has 0 aliphatic carbocycles. The van der Waals surface area contributed by atoms with Gasteiger partial charge in [-0.05, 0) is 35.6 Å². The van der Waals surface area contributed by atoms with Crippen LogP contribution in [0.3, 0.4) is 0 Å². The van der Waals surface area contributed by atoms with Gasteiger partial charge >= 0.3 is 0 Å². The van der Waals surface area contributed by atoms with Crippen molar-refractivity contribution in [3.63, 3.8) is 0 Å². The molecular formula is C15H16N2OS. The third-order valence-corrected chi connectivity index (χ3v) is 4.16. The molecule has 1 unspecified atom stereocenters. The van der Waals surface area contributed by atoms with Crippen LogP contribution < -0.4 is 5.43 Å². The highest BCUT2D eigenvalue weighted by atomic mass is 32.1. The Morgan fingerprint density at radius 1 is 1.74 bits per heavy atom. The monoisotopic (exact) mass is 272 g/mol. The first-order valence-corrected chi connectivity index (χ1v) is 7.04. The van der Waals surface area contributed by atoms with Crippen LogP contribution in [0, 0.1) is 18.3 Å². The first kappa shape index (κ1) is 13.6. The van der Waals surface area contributed by atoms with Gasteiger partial charge in [0.15, 0.2) is 0 Å². The summed E-state index contributed by atoms with van der Waals surface area (Å²) in [6.07, 6.45) is 8.54. The minimum Gasteiger partial charge on any atom is -0.273 e. The lowest BCUT2D eigenvalue weighted by Gasteiger charge is -2.17. The molecule has 0 aromatic carbocycles. The zero-order valence-corrected chi connectivity index (χ0v) is 11.9. The van der Waals surface area contributed by atoms with E-state index >= 15 is 0 Å². The second kappa shape index (κ2) is 5.85. The first-order chi connectivity index (χ1) is 9.11. The van der Waals surface area contributed by atoms with Gasteiger partial charge in [0, 0.05) is 23.6 Å². The lowest BCUT2D eigenvalue weighted by Crippen LogP contribution is -2.30. The largest absolute Gasteiger partial charge is 0.273 e. The molecule has 0 bridgehead atoms. The summed E-state index contributed by atoms with van der Waals surface area (Å²) in [5.74, 6) is 2.81. The third kappa shape index (κ3) is 3.12. The van der Waals surface area contributed by atoms with Crippen molar-refractivity contribution in [1.29, 1.82) is 0 Å². The minimum atomic E-state index is -0.0218. The van der Waals surface area contributed by atoms with Crippen LogP contribution >= 0.6 is 11.3 Å². The normalized spacial score (nSPS) is 19.6. The van der Waals surface area contributed by atoms with Crippen molar-refractivity contribution < 1.29 is 4.79 Å². The maximum absolute atomic E-state index is 11.2. The highest BCUT2D eigenvalue weighted by Gasteiger charge is 2.19. The summed E-state index contributed by atoms with van der Waals surface area (Å²) in [5, 5.41) is 6.17. The Kier molecular flexibility index (Phi) is 4.18. The van der Waals surface area contributed by atoms with Crippen molar-refractivity contribution in [1.82, 2.24) is 5.43 Å². The molecule has 1 aliphatic rings. The zero-order valence-electron chi connectivity index (χ0n) is 11.1. The number of amides is 1. The van der Waals surface area contributed by atoms with Crippen molar-refractivity contribution in [2.75, 3.05) is 0 Å². The second-order valence-electron chi connectivity index (χ2n) is 4.66. The van der Waals surface area contributed by atoms with Crippen molar-refractivity contribution in [2.24, 2.45) is 11.0 Å². The Balaban J connectivity index is 2.26. The minimum absolute atomic E-state index is 0.0218. The molecule has 1 amide bonds. The van der Waals surface area contributed by atoms with E-state index in [0.717, 1.165) is 11.3 Å². The number of hydrogen-bond acceptors (Lipinski definition) is 3. The Bertz CT molecular complexity index is 590. The van der Waals surface area contributed by atoms with E-state index in [4.69, 9.17) is 6.42 Å². The molecule has 0 saturated carbocycles. The number of terminal acetylenes is 1. The molecule has 1 atom stereocenters. The van der Waals surface area contributed by atoms with E-state index in [2.05, 4.69) is 29.4 Å². The van der Waals surface area contributed by atoms with E-state index in [9.17, 15) is 4.79 Å². The summed E-state index contributed by atoms with van der Waals surface area (Å²) in [4.78, 5) is 12.4. The number of nitrogens with one attached hydrogen (secondary N) is 1. The van der Waals surface area contributed by atoms with Crippen LogP contribution in [0.25, 0.3) is 5.57 Å². The Morgan fingerprint density at radius 3 is 3.21 bits per heavy atom. The van der Waals surface area contributed by atoms with Crippen molar-refractivity contribution in [3.05, 3.63) is 28.0 Å². The summed E-state index contributed by atoms with van der Waals surface area (Å²) in [6.45, 7) is 4.07. The van der Waals surface area contributed by atoms with E-state index < -0.39 is 0 Å². The molecule has 1 aliphatic heterocycles.